The predicted octanol–water partition coefficient (Wildman–Crippen LogP) is 2.23. The Labute approximate surface area is 145 Å². The molecule has 2 heterocycles. The van der Waals surface area contributed by atoms with E-state index in [2.05, 4.69) is 49.7 Å². The van der Waals surface area contributed by atoms with E-state index in [1.54, 1.807) is 0 Å². The zero-order valence-corrected chi connectivity index (χ0v) is 14.2. The molecule has 0 aliphatic heterocycles. The van der Waals surface area contributed by atoms with Crippen molar-refractivity contribution >= 4 is 5.91 Å². The fourth-order valence-electron chi connectivity index (χ4n) is 2.43. The molecule has 0 fully saturated rings. The Balaban J connectivity index is 1.50. The zero-order valence-electron chi connectivity index (χ0n) is 14.2. The monoisotopic (exact) mass is 340 g/mol. The highest BCUT2D eigenvalue weighted by molar-refractivity contribution is 5.76. The maximum atomic E-state index is 12.1. The molecule has 0 aliphatic rings. The topological polar surface area (TPSA) is 110 Å². The standard InChI is InChI=1S/C17H20N6O2/c1-3-12-4-6-13(7-5-12)11(2)20-14(24)8-9-15-21-17(23-25-15)16-18-10-19-22-16/h4-7,10-11H,3,8-9H2,1-2H3,(H,20,24)(H,18,19,22)/t11-/m1/s1. The summed E-state index contributed by atoms with van der Waals surface area (Å²) in [6.45, 7) is 4.08. The van der Waals surface area contributed by atoms with Crippen molar-refractivity contribution in [2.45, 2.75) is 39.2 Å². The third-order valence-electron chi connectivity index (χ3n) is 3.93. The van der Waals surface area contributed by atoms with E-state index in [-0.39, 0.29) is 18.4 Å². The number of carbonyl (C=O) groups is 1. The average molecular weight is 340 g/mol. The molecule has 2 aromatic heterocycles. The molecule has 3 aromatic rings. The second kappa shape index (κ2) is 7.69. The van der Waals surface area contributed by atoms with Gasteiger partial charge in [-0.1, -0.05) is 36.3 Å². The molecule has 8 heteroatoms. The third-order valence-corrected chi connectivity index (χ3v) is 3.93. The van der Waals surface area contributed by atoms with Gasteiger partial charge in [0.1, 0.15) is 6.33 Å². The maximum Gasteiger partial charge on any atom is 0.239 e. The molecule has 1 amide bonds. The summed E-state index contributed by atoms with van der Waals surface area (Å²) in [4.78, 5) is 20.3. The van der Waals surface area contributed by atoms with Gasteiger partial charge in [0.2, 0.25) is 17.6 Å². The van der Waals surface area contributed by atoms with Crippen molar-refractivity contribution < 1.29 is 9.32 Å². The van der Waals surface area contributed by atoms with Crippen molar-refractivity contribution in [2.24, 2.45) is 0 Å². The lowest BCUT2D eigenvalue weighted by molar-refractivity contribution is -0.121. The van der Waals surface area contributed by atoms with Gasteiger partial charge in [-0.25, -0.2) is 4.98 Å². The molecule has 0 aliphatic carbocycles. The highest BCUT2D eigenvalue weighted by Crippen LogP contribution is 2.14. The first kappa shape index (κ1) is 16.8. The summed E-state index contributed by atoms with van der Waals surface area (Å²) in [6, 6.07) is 8.21. The Bertz CT molecular complexity index is 810. The van der Waals surface area contributed by atoms with Gasteiger partial charge in [0.25, 0.3) is 0 Å². The molecule has 0 saturated heterocycles. The molecule has 0 unspecified atom stereocenters. The minimum atomic E-state index is -0.0634. The van der Waals surface area contributed by atoms with Crippen LogP contribution in [0.3, 0.4) is 0 Å². The lowest BCUT2D eigenvalue weighted by Gasteiger charge is -2.14. The van der Waals surface area contributed by atoms with E-state index in [9.17, 15) is 4.79 Å². The van der Waals surface area contributed by atoms with Gasteiger partial charge >= 0.3 is 0 Å². The summed E-state index contributed by atoms with van der Waals surface area (Å²) in [5.74, 6) is 1.09. The number of aromatic amines is 1. The minimum Gasteiger partial charge on any atom is -0.350 e. The van der Waals surface area contributed by atoms with Gasteiger partial charge in [0.05, 0.1) is 6.04 Å². The van der Waals surface area contributed by atoms with E-state index in [0.717, 1.165) is 12.0 Å². The molecule has 3 rings (SSSR count). The molecule has 0 spiro atoms. The molecule has 2 N–H and O–H groups in total. The summed E-state index contributed by atoms with van der Waals surface area (Å²) in [6.07, 6.45) is 3.01. The van der Waals surface area contributed by atoms with Crippen LogP contribution in [0.4, 0.5) is 0 Å². The fraction of sp³-hybridized carbons (Fsp3) is 0.353. The number of aromatic nitrogens is 5. The quantitative estimate of drug-likeness (QED) is 0.682. The average Bonchev–Trinajstić information content (AvgIpc) is 3.31. The van der Waals surface area contributed by atoms with Gasteiger partial charge in [-0.3, -0.25) is 9.89 Å². The first-order chi connectivity index (χ1) is 12.2. The number of nitrogens with zero attached hydrogens (tertiary/aromatic N) is 4. The number of hydrogen-bond donors (Lipinski definition) is 2. The molecule has 0 radical (unpaired) electrons. The van der Waals surface area contributed by atoms with Crippen LogP contribution in [-0.2, 0) is 17.6 Å². The second-order valence-corrected chi connectivity index (χ2v) is 5.73. The SMILES string of the molecule is CCc1ccc([C@@H](C)NC(=O)CCc2nc(-c3ncn[nH]3)no2)cc1. The van der Waals surface area contributed by atoms with Crippen LogP contribution in [0.1, 0.15) is 43.3 Å². The number of hydrogen-bond acceptors (Lipinski definition) is 6. The smallest absolute Gasteiger partial charge is 0.239 e. The van der Waals surface area contributed by atoms with E-state index in [1.807, 2.05) is 19.1 Å². The van der Waals surface area contributed by atoms with Gasteiger partial charge < -0.3 is 9.84 Å². The molecular weight excluding hydrogens is 320 g/mol. The van der Waals surface area contributed by atoms with Gasteiger partial charge in [-0.05, 0) is 24.5 Å². The van der Waals surface area contributed by atoms with Crippen LogP contribution in [0, 0.1) is 0 Å². The summed E-state index contributed by atoms with van der Waals surface area (Å²) in [5.41, 5.74) is 2.36. The van der Waals surface area contributed by atoms with Crippen LogP contribution in [0.5, 0.6) is 0 Å². The Kier molecular flexibility index (Phi) is 5.17. The van der Waals surface area contributed by atoms with Crippen LogP contribution >= 0.6 is 0 Å². The predicted molar refractivity (Wildman–Crippen MR) is 90.4 cm³/mol. The molecule has 0 bridgehead atoms. The van der Waals surface area contributed by atoms with E-state index in [0.29, 0.717) is 24.0 Å². The highest BCUT2D eigenvalue weighted by atomic mass is 16.5. The molecule has 0 saturated carbocycles. The third kappa shape index (κ3) is 4.28. The van der Waals surface area contributed by atoms with Crippen LogP contribution in [0.25, 0.3) is 11.6 Å². The highest BCUT2D eigenvalue weighted by Gasteiger charge is 2.14. The lowest BCUT2D eigenvalue weighted by Crippen LogP contribution is -2.26. The van der Waals surface area contributed by atoms with Gasteiger partial charge in [0, 0.05) is 12.8 Å². The van der Waals surface area contributed by atoms with Crippen LogP contribution in [-0.4, -0.2) is 31.2 Å². The number of rotatable bonds is 7. The summed E-state index contributed by atoms with van der Waals surface area (Å²) >= 11 is 0. The number of H-pyrrole nitrogens is 1. The van der Waals surface area contributed by atoms with Gasteiger partial charge in [-0.2, -0.15) is 10.1 Å². The van der Waals surface area contributed by atoms with Crippen molar-refractivity contribution in [2.75, 3.05) is 0 Å². The Hall–Kier alpha value is -3.03. The number of benzene rings is 1. The number of aryl methyl sites for hydroxylation is 2. The van der Waals surface area contributed by atoms with Crippen LogP contribution < -0.4 is 5.32 Å². The van der Waals surface area contributed by atoms with E-state index < -0.39 is 0 Å². The van der Waals surface area contributed by atoms with Gasteiger partial charge in [0.15, 0.2) is 5.82 Å². The van der Waals surface area contributed by atoms with Crippen LogP contribution in [0.15, 0.2) is 35.1 Å². The van der Waals surface area contributed by atoms with E-state index in [4.69, 9.17) is 4.52 Å². The summed E-state index contributed by atoms with van der Waals surface area (Å²) in [5, 5.41) is 13.2. The number of amides is 1. The van der Waals surface area contributed by atoms with E-state index in [1.165, 1.54) is 11.9 Å². The minimum absolute atomic E-state index is 0.0501. The number of carbonyl (C=O) groups excluding carboxylic acids is 1. The van der Waals surface area contributed by atoms with Gasteiger partial charge in [-0.15, -0.1) is 0 Å². The van der Waals surface area contributed by atoms with Crippen molar-refractivity contribution in [1.29, 1.82) is 0 Å². The van der Waals surface area contributed by atoms with Crippen molar-refractivity contribution in [3.05, 3.63) is 47.6 Å². The Morgan fingerprint density at radius 2 is 2.12 bits per heavy atom. The first-order valence-corrected chi connectivity index (χ1v) is 8.22. The van der Waals surface area contributed by atoms with Crippen molar-refractivity contribution in [3.63, 3.8) is 0 Å². The molecule has 1 atom stereocenters. The van der Waals surface area contributed by atoms with E-state index >= 15 is 0 Å². The summed E-state index contributed by atoms with van der Waals surface area (Å²) < 4.78 is 5.13. The molecule has 1 aromatic carbocycles. The molecule has 8 nitrogen and oxygen atoms in total. The fourth-order valence-corrected chi connectivity index (χ4v) is 2.43. The van der Waals surface area contributed by atoms with Crippen molar-refractivity contribution in [1.82, 2.24) is 30.6 Å². The first-order valence-electron chi connectivity index (χ1n) is 8.22. The Morgan fingerprint density at radius 1 is 1.32 bits per heavy atom. The molecule has 25 heavy (non-hydrogen) atoms. The number of nitrogens with one attached hydrogen (secondary N) is 2. The molecular formula is C17H20N6O2. The second-order valence-electron chi connectivity index (χ2n) is 5.73. The largest absolute Gasteiger partial charge is 0.350 e. The molecule has 130 valence electrons. The lowest BCUT2D eigenvalue weighted by atomic mass is 10.0. The maximum absolute atomic E-state index is 12.1. The van der Waals surface area contributed by atoms with Crippen LogP contribution in [0.2, 0.25) is 0 Å². The van der Waals surface area contributed by atoms with Crippen molar-refractivity contribution in [3.8, 4) is 11.6 Å². The zero-order chi connectivity index (χ0) is 17.6. The normalized spacial score (nSPS) is 12.1. The summed E-state index contributed by atoms with van der Waals surface area (Å²) in [7, 11) is 0. The Morgan fingerprint density at radius 3 is 2.80 bits per heavy atom.